The fourth-order valence-corrected chi connectivity index (χ4v) is 3.33. The number of benzene rings is 2. The van der Waals surface area contributed by atoms with Crippen molar-refractivity contribution in [2.45, 2.75) is 32.4 Å². The Morgan fingerprint density at radius 1 is 1.11 bits per heavy atom. The molecular weight excluding hydrogens is 374 g/mol. The molecule has 28 heavy (non-hydrogen) atoms. The quantitative estimate of drug-likeness (QED) is 0.736. The monoisotopic (exact) mass is 399 g/mol. The molecule has 0 saturated heterocycles. The van der Waals surface area contributed by atoms with Gasteiger partial charge in [0.2, 0.25) is 11.8 Å². The van der Waals surface area contributed by atoms with Crippen molar-refractivity contribution in [3.8, 4) is 0 Å². The van der Waals surface area contributed by atoms with Gasteiger partial charge in [0.25, 0.3) is 0 Å². The van der Waals surface area contributed by atoms with Crippen LogP contribution in [0.4, 0.5) is 5.69 Å². The van der Waals surface area contributed by atoms with Crippen molar-refractivity contribution in [2.24, 2.45) is 0 Å². The summed E-state index contributed by atoms with van der Waals surface area (Å²) in [5, 5.41) is 3.23. The van der Waals surface area contributed by atoms with Crippen molar-refractivity contribution >= 4 is 29.1 Å². The first-order valence-corrected chi connectivity index (χ1v) is 9.88. The Balaban J connectivity index is 1.54. The fraction of sp³-hybridized carbons (Fsp3) is 0.364. The molecule has 0 aliphatic heterocycles. The number of carbonyl (C=O) groups is 2. The zero-order chi connectivity index (χ0) is 20.1. The third-order valence-electron chi connectivity index (χ3n) is 4.82. The second kappa shape index (κ2) is 9.22. The smallest absolute Gasteiger partial charge is 0.244 e. The van der Waals surface area contributed by atoms with Gasteiger partial charge in [0.1, 0.15) is 0 Å². The number of nitrogens with zero attached hydrogens (tertiary/aromatic N) is 2. The van der Waals surface area contributed by atoms with E-state index in [2.05, 4.69) is 35.3 Å². The molecule has 1 fully saturated rings. The van der Waals surface area contributed by atoms with Gasteiger partial charge in [0, 0.05) is 19.6 Å². The molecule has 0 aromatic heterocycles. The third-order valence-corrected chi connectivity index (χ3v) is 5.15. The van der Waals surface area contributed by atoms with Crippen LogP contribution in [0, 0.1) is 6.92 Å². The Hall–Kier alpha value is -2.37. The minimum absolute atomic E-state index is 0.00694. The average molecular weight is 400 g/mol. The van der Waals surface area contributed by atoms with Crippen LogP contribution in [0.2, 0.25) is 5.02 Å². The summed E-state index contributed by atoms with van der Waals surface area (Å²) in [5.74, 6) is -0.325. The van der Waals surface area contributed by atoms with Gasteiger partial charge in [0.05, 0.1) is 23.8 Å². The third kappa shape index (κ3) is 5.81. The molecule has 2 aromatic rings. The number of aryl methyl sites for hydroxylation is 1. The molecule has 0 unspecified atom stereocenters. The molecule has 1 aliphatic rings. The van der Waals surface area contributed by atoms with E-state index in [0.717, 1.165) is 19.4 Å². The van der Waals surface area contributed by atoms with Crippen LogP contribution in [0.5, 0.6) is 0 Å². The summed E-state index contributed by atoms with van der Waals surface area (Å²) >= 11 is 6.06. The van der Waals surface area contributed by atoms with E-state index < -0.39 is 0 Å². The van der Waals surface area contributed by atoms with Crippen LogP contribution in [-0.2, 0) is 16.1 Å². The number of para-hydroxylation sites is 1. The molecule has 0 atom stereocenters. The summed E-state index contributed by atoms with van der Waals surface area (Å²) in [6, 6.07) is 15.9. The van der Waals surface area contributed by atoms with Crippen molar-refractivity contribution in [3.05, 3.63) is 64.7 Å². The number of anilines is 1. The van der Waals surface area contributed by atoms with Crippen LogP contribution in [0.25, 0.3) is 0 Å². The zero-order valence-corrected chi connectivity index (χ0v) is 17.1. The predicted molar refractivity (Wildman–Crippen MR) is 112 cm³/mol. The molecule has 1 aliphatic carbocycles. The van der Waals surface area contributed by atoms with E-state index in [0.29, 0.717) is 23.3 Å². The number of hydrogen-bond acceptors (Lipinski definition) is 3. The first-order valence-electron chi connectivity index (χ1n) is 9.50. The Kier molecular flexibility index (Phi) is 6.70. The number of likely N-dealkylation sites (N-methyl/N-ethyl adjacent to an activating group) is 1. The van der Waals surface area contributed by atoms with E-state index in [4.69, 9.17) is 11.6 Å². The summed E-state index contributed by atoms with van der Waals surface area (Å²) in [5.41, 5.74) is 2.97. The van der Waals surface area contributed by atoms with Crippen molar-refractivity contribution in [1.82, 2.24) is 9.80 Å². The second-order valence-corrected chi connectivity index (χ2v) is 7.81. The van der Waals surface area contributed by atoms with E-state index in [1.807, 2.05) is 6.07 Å². The van der Waals surface area contributed by atoms with Gasteiger partial charge in [0.15, 0.2) is 0 Å². The summed E-state index contributed by atoms with van der Waals surface area (Å²) in [7, 11) is 1.66. The molecule has 1 N–H and O–H groups in total. The first-order chi connectivity index (χ1) is 13.4. The van der Waals surface area contributed by atoms with E-state index in [1.54, 1.807) is 31.3 Å². The van der Waals surface area contributed by atoms with Crippen LogP contribution in [-0.4, -0.2) is 47.8 Å². The Bertz CT molecular complexity index is 851. The van der Waals surface area contributed by atoms with Crippen molar-refractivity contribution in [3.63, 3.8) is 0 Å². The lowest BCUT2D eigenvalue weighted by Crippen LogP contribution is -2.42. The highest BCUT2D eigenvalue weighted by Gasteiger charge is 2.31. The van der Waals surface area contributed by atoms with Gasteiger partial charge >= 0.3 is 0 Å². The van der Waals surface area contributed by atoms with E-state index in [1.165, 1.54) is 16.0 Å². The van der Waals surface area contributed by atoms with Gasteiger partial charge in [-0.2, -0.15) is 0 Å². The SMILES string of the molecule is Cc1cccc(CN(CC(=O)N(C)CC(=O)Nc2ccccc2Cl)C2CC2)c1. The van der Waals surface area contributed by atoms with Gasteiger partial charge in [-0.25, -0.2) is 0 Å². The molecule has 0 heterocycles. The molecule has 2 aromatic carbocycles. The molecule has 6 heteroatoms. The number of rotatable bonds is 8. The van der Waals surface area contributed by atoms with Gasteiger partial charge in [-0.3, -0.25) is 14.5 Å². The van der Waals surface area contributed by atoms with Crippen LogP contribution in [0.3, 0.4) is 0 Å². The molecule has 0 spiro atoms. The number of carbonyl (C=O) groups excluding carboxylic acids is 2. The molecule has 1 saturated carbocycles. The molecular formula is C22H26ClN3O2. The van der Waals surface area contributed by atoms with Crippen LogP contribution < -0.4 is 5.32 Å². The summed E-state index contributed by atoms with van der Waals surface area (Å²) in [6.07, 6.45) is 2.24. The van der Waals surface area contributed by atoms with Gasteiger partial charge in [-0.1, -0.05) is 53.6 Å². The molecule has 3 rings (SSSR count). The maximum Gasteiger partial charge on any atom is 0.244 e. The fourth-order valence-electron chi connectivity index (χ4n) is 3.15. The van der Waals surface area contributed by atoms with Crippen LogP contribution >= 0.6 is 11.6 Å². The van der Waals surface area contributed by atoms with Crippen LogP contribution in [0.15, 0.2) is 48.5 Å². The van der Waals surface area contributed by atoms with Crippen molar-refractivity contribution < 1.29 is 9.59 Å². The number of hydrogen-bond donors (Lipinski definition) is 1. The first kappa shape index (κ1) is 20.4. The van der Waals surface area contributed by atoms with Crippen molar-refractivity contribution in [2.75, 3.05) is 25.5 Å². The minimum atomic E-state index is -0.263. The lowest BCUT2D eigenvalue weighted by Gasteiger charge is -2.25. The maximum absolute atomic E-state index is 12.7. The number of halogens is 1. The van der Waals surface area contributed by atoms with Crippen LogP contribution in [0.1, 0.15) is 24.0 Å². The Labute approximate surface area is 171 Å². The average Bonchev–Trinajstić information content (AvgIpc) is 3.48. The molecule has 0 bridgehead atoms. The molecule has 0 radical (unpaired) electrons. The second-order valence-electron chi connectivity index (χ2n) is 7.40. The predicted octanol–water partition coefficient (Wildman–Crippen LogP) is 3.71. The van der Waals surface area contributed by atoms with Crippen molar-refractivity contribution in [1.29, 1.82) is 0 Å². The standard InChI is InChI=1S/C22H26ClN3O2/c1-16-6-5-7-17(12-16)13-26(18-10-11-18)15-22(28)25(2)14-21(27)24-20-9-4-3-8-19(20)23/h3-9,12,18H,10-11,13-15H2,1-2H3,(H,24,27). The van der Waals surface area contributed by atoms with Gasteiger partial charge in [-0.15, -0.1) is 0 Å². The van der Waals surface area contributed by atoms with Gasteiger partial charge in [-0.05, 0) is 37.5 Å². The minimum Gasteiger partial charge on any atom is -0.335 e. The summed E-state index contributed by atoms with van der Waals surface area (Å²) in [4.78, 5) is 28.6. The lowest BCUT2D eigenvalue weighted by atomic mass is 10.1. The largest absolute Gasteiger partial charge is 0.335 e. The summed E-state index contributed by atoms with van der Waals surface area (Å²) < 4.78 is 0. The highest BCUT2D eigenvalue weighted by Crippen LogP contribution is 2.28. The Morgan fingerprint density at radius 3 is 2.54 bits per heavy atom. The highest BCUT2D eigenvalue weighted by molar-refractivity contribution is 6.33. The topological polar surface area (TPSA) is 52.7 Å². The normalized spacial score (nSPS) is 13.4. The number of amides is 2. The summed E-state index contributed by atoms with van der Waals surface area (Å²) in [6.45, 7) is 3.13. The lowest BCUT2D eigenvalue weighted by molar-refractivity contribution is -0.134. The molecule has 5 nitrogen and oxygen atoms in total. The molecule has 148 valence electrons. The number of nitrogens with one attached hydrogen (secondary N) is 1. The maximum atomic E-state index is 12.7. The Morgan fingerprint density at radius 2 is 1.86 bits per heavy atom. The molecule has 2 amide bonds. The van der Waals surface area contributed by atoms with Gasteiger partial charge < -0.3 is 10.2 Å². The highest BCUT2D eigenvalue weighted by atomic mass is 35.5. The van der Waals surface area contributed by atoms with E-state index in [9.17, 15) is 9.59 Å². The van der Waals surface area contributed by atoms with E-state index >= 15 is 0 Å². The zero-order valence-electron chi connectivity index (χ0n) is 16.3. The van der Waals surface area contributed by atoms with E-state index in [-0.39, 0.29) is 18.4 Å².